The number of hydrogen-bond acceptors (Lipinski definition) is 7. The van der Waals surface area contributed by atoms with Gasteiger partial charge in [-0.3, -0.25) is 4.90 Å². The molecule has 29 heavy (non-hydrogen) atoms. The number of rotatable bonds is 6. The van der Waals surface area contributed by atoms with Crippen LogP contribution in [0.4, 0.5) is 14.5 Å². The molecule has 0 unspecified atom stereocenters. The SMILES string of the molecule is Cc1nccc(CN2CCN(c3ccc4ncnc(OCC(F)F)c4c3)CC2)n1. The summed E-state index contributed by atoms with van der Waals surface area (Å²) >= 11 is 0. The molecule has 2 aromatic heterocycles. The zero-order chi connectivity index (χ0) is 20.2. The first kappa shape index (κ1) is 19.4. The van der Waals surface area contributed by atoms with Crippen LogP contribution in [-0.4, -0.2) is 64.0 Å². The van der Waals surface area contributed by atoms with Gasteiger partial charge < -0.3 is 9.64 Å². The van der Waals surface area contributed by atoms with Crippen LogP contribution in [0.5, 0.6) is 5.88 Å². The Bertz CT molecular complexity index is 978. The standard InChI is InChI=1S/C20H22F2N6O/c1-14-23-5-4-15(26-14)11-27-6-8-28(9-7-27)16-2-3-18-17(10-16)20(25-13-24-18)29-12-19(21)22/h2-5,10,13,19H,6-9,11-12H2,1H3. The Balaban J connectivity index is 1.44. The van der Waals surface area contributed by atoms with Crippen molar-refractivity contribution in [2.45, 2.75) is 19.9 Å². The fourth-order valence-electron chi connectivity index (χ4n) is 3.46. The lowest BCUT2D eigenvalue weighted by molar-refractivity contribution is 0.0804. The molecule has 152 valence electrons. The molecule has 0 spiro atoms. The molecule has 0 amide bonds. The average Bonchev–Trinajstić information content (AvgIpc) is 2.72. The molecular formula is C20H22F2N6O. The number of piperazine rings is 1. The van der Waals surface area contributed by atoms with Crippen molar-refractivity contribution in [1.29, 1.82) is 0 Å². The van der Waals surface area contributed by atoms with Gasteiger partial charge in [0.15, 0.2) is 6.61 Å². The molecule has 0 atom stereocenters. The molecule has 0 radical (unpaired) electrons. The van der Waals surface area contributed by atoms with Crippen LogP contribution in [0.25, 0.3) is 10.9 Å². The summed E-state index contributed by atoms with van der Waals surface area (Å²) in [5.74, 6) is 0.972. The summed E-state index contributed by atoms with van der Waals surface area (Å²) in [6.07, 6.45) is 0.574. The van der Waals surface area contributed by atoms with Crippen molar-refractivity contribution >= 4 is 16.6 Å². The maximum atomic E-state index is 12.5. The second kappa shape index (κ2) is 8.60. The molecule has 1 aliphatic rings. The molecule has 7 nitrogen and oxygen atoms in total. The first-order chi connectivity index (χ1) is 14.1. The number of aryl methyl sites for hydroxylation is 1. The Morgan fingerprint density at radius 3 is 2.66 bits per heavy atom. The highest BCUT2D eigenvalue weighted by atomic mass is 19.3. The fraction of sp³-hybridized carbons (Fsp3) is 0.400. The number of aromatic nitrogens is 4. The van der Waals surface area contributed by atoms with Gasteiger partial charge in [-0.1, -0.05) is 0 Å². The topological polar surface area (TPSA) is 67.3 Å². The maximum absolute atomic E-state index is 12.5. The first-order valence-corrected chi connectivity index (χ1v) is 9.50. The van der Waals surface area contributed by atoms with E-state index in [2.05, 4.69) is 29.7 Å². The molecule has 1 aliphatic heterocycles. The van der Waals surface area contributed by atoms with E-state index < -0.39 is 13.0 Å². The van der Waals surface area contributed by atoms with Gasteiger partial charge in [-0.25, -0.2) is 28.7 Å². The van der Waals surface area contributed by atoms with Gasteiger partial charge in [0.25, 0.3) is 6.43 Å². The Morgan fingerprint density at radius 1 is 1.07 bits per heavy atom. The molecule has 0 aliphatic carbocycles. The van der Waals surface area contributed by atoms with Crippen LogP contribution in [0.2, 0.25) is 0 Å². The molecule has 3 aromatic rings. The highest BCUT2D eigenvalue weighted by Gasteiger charge is 2.19. The van der Waals surface area contributed by atoms with E-state index in [0.717, 1.165) is 49.9 Å². The fourth-order valence-corrected chi connectivity index (χ4v) is 3.46. The lowest BCUT2D eigenvalue weighted by Gasteiger charge is -2.36. The molecule has 1 fully saturated rings. The lowest BCUT2D eigenvalue weighted by Crippen LogP contribution is -2.46. The van der Waals surface area contributed by atoms with E-state index in [9.17, 15) is 8.78 Å². The first-order valence-electron chi connectivity index (χ1n) is 9.50. The van der Waals surface area contributed by atoms with E-state index in [1.165, 1.54) is 6.33 Å². The Hall–Kier alpha value is -2.94. The Kier molecular flexibility index (Phi) is 5.75. The molecule has 0 N–H and O–H groups in total. The zero-order valence-corrected chi connectivity index (χ0v) is 16.1. The van der Waals surface area contributed by atoms with E-state index >= 15 is 0 Å². The van der Waals surface area contributed by atoms with Gasteiger partial charge in [-0.15, -0.1) is 0 Å². The number of fused-ring (bicyclic) bond motifs is 1. The monoisotopic (exact) mass is 400 g/mol. The predicted molar refractivity (Wildman–Crippen MR) is 105 cm³/mol. The molecular weight excluding hydrogens is 378 g/mol. The van der Waals surface area contributed by atoms with Gasteiger partial charge in [-0.2, -0.15) is 0 Å². The zero-order valence-electron chi connectivity index (χ0n) is 16.1. The minimum atomic E-state index is -2.55. The smallest absolute Gasteiger partial charge is 0.272 e. The van der Waals surface area contributed by atoms with Crippen LogP contribution >= 0.6 is 0 Å². The molecule has 1 aromatic carbocycles. The normalized spacial score (nSPS) is 15.2. The highest BCUT2D eigenvalue weighted by Crippen LogP contribution is 2.27. The van der Waals surface area contributed by atoms with Crippen LogP contribution in [0.15, 0.2) is 36.8 Å². The van der Waals surface area contributed by atoms with Gasteiger partial charge in [-0.05, 0) is 31.2 Å². The van der Waals surface area contributed by atoms with Crippen molar-refractivity contribution in [2.24, 2.45) is 0 Å². The van der Waals surface area contributed by atoms with Crippen molar-refractivity contribution in [3.8, 4) is 5.88 Å². The summed E-state index contributed by atoms with van der Waals surface area (Å²) < 4.78 is 30.2. The highest BCUT2D eigenvalue weighted by molar-refractivity contribution is 5.86. The Morgan fingerprint density at radius 2 is 1.90 bits per heavy atom. The van der Waals surface area contributed by atoms with Gasteiger partial charge >= 0.3 is 0 Å². The second-order valence-electron chi connectivity index (χ2n) is 6.94. The van der Waals surface area contributed by atoms with E-state index in [0.29, 0.717) is 10.9 Å². The molecule has 0 bridgehead atoms. The van der Waals surface area contributed by atoms with Gasteiger partial charge in [0, 0.05) is 44.6 Å². The predicted octanol–water partition coefficient (Wildman–Crippen LogP) is 2.69. The van der Waals surface area contributed by atoms with Crippen LogP contribution in [0.3, 0.4) is 0 Å². The third kappa shape index (κ3) is 4.73. The van der Waals surface area contributed by atoms with Gasteiger partial charge in [0.2, 0.25) is 5.88 Å². The lowest BCUT2D eigenvalue weighted by atomic mass is 10.2. The van der Waals surface area contributed by atoms with Crippen LogP contribution in [0, 0.1) is 6.92 Å². The number of benzene rings is 1. The van der Waals surface area contributed by atoms with E-state index in [1.807, 2.05) is 31.2 Å². The molecule has 1 saturated heterocycles. The van der Waals surface area contributed by atoms with E-state index in [1.54, 1.807) is 6.20 Å². The third-order valence-corrected chi connectivity index (χ3v) is 4.89. The number of halogens is 2. The van der Waals surface area contributed by atoms with Crippen molar-refractivity contribution in [1.82, 2.24) is 24.8 Å². The van der Waals surface area contributed by atoms with Crippen molar-refractivity contribution in [2.75, 3.05) is 37.7 Å². The maximum Gasteiger partial charge on any atom is 0.272 e. The number of ether oxygens (including phenoxy) is 1. The van der Waals surface area contributed by atoms with Crippen molar-refractivity contribution in [3.05, 3.63) is 48.3 Å². The summed E-state index contributed by atoms with van der Waals surface area (Å²) in [6.45, 7) is 5.53. The van der Waals surface area contributed by atoms with Crippen LogP contribution < -0.4 is 9.64 Å². The summed E-state index contributed by atoms with van der Waals surface area (Å²) in [5.41, 5.74) is 2.70. The quantitative estimate of drug-likeness (QED) is 0.630. The summed E-state index contributed by atoms with van der Waals surface area (Å²) in [5, 5.41) is 0.643. The molecule has 0 saturated carbocycles. The van der Waals surface area contributed by atoms with Crippen LogP contribution in [-0.2, 0) is 6.54 Å². The molecule has 9 heteroatoms. The minimum Gasteiger partial charge on any atom is -0.471 e. The number of alkyl halides is 2. The van der Waals surface area contributed by atoms with Gasteiger partial charge in [0.1, 0.15) is 12.2 Å². The Labute approximate surface area is 167 Å². The van der Waals surface area contributed by atoms with Gasteiger partial charge in [0.05, 0.1) is 16.6 Å². The summed E-state index contributed by atoms with van der Waals surface area (Å²) in [4.78, 5) is 21.5. The van der Waals surface area contributed by atoms with Crippen molar-refractivity contribution < 1.29 is 13.5 Å². The second-order valence-corrected chi connectivity index (χ2v) is 6.94. The van der Waals surface area contributed by atoms with E-state index in [4.69, 9.17) is 4.74 Å². The summed E-state index contributed by atoms with van der Waals surface area (Å²) in [7, 11) is 0. The number of nitrogens with zero attached hydrogens (tertiary/aromatic N) is 6. The number of anilines is 1. The van der Waals surface area contributed by atoms with E-state index in [-0.39, 0.29) is 5.88 Å². The minimum absolute atomic E-state index is 0.190. The summed E-state index contributed by atoms with van der Waals surface area (Å²) in [6, 6.07) is 7.73. The van der Waals surface area contributed by atoms with Crippen LogP contribution in [0.1, 0.15) is 11.5 Å². The molecule has 3 heterocycles. The average molecular weight is 400 g/mol. The van der Waals surface area contributed by atoms with Crippen molar-refractivity contribution in [3.63, 3.8) is 0 Å². The third-order valence-electron chi connectivity index (χ3n) is 4.89. The largest absolute Gasteiger partial charge is 0.471 e. The molecule has 4 rings (SSSR count). The number of hydrogen-bond donors (Lipinski definition) is 0.